The summed E-state index contributed by atoms with van der Waals surface area (Å²) in [5.74, 6) is -0.202. The van der Waals surface area contributed by atoms with Crippen molar-refractivity contribution in [1.29, 1.82) is 0 Å². The summed E-state index contributed by atoms with van der Waals surface area (Å²) >= 11 is 0. The highest BCUT2D eigenvalue weighted by molar-refractivity contribution is 5.97. The molecule has 2 aromatic carbocycles. The number of amides is 1. The van der Waals surface area contributed by atoms with Gasteiger partial charge >= 0.3 is 0 Å². The first-order valence-electron chi connectivity index (χ1n) is 8.89. The molecule has 1 aliphatic rings. The van der Waals surface area contributed by atoms with Gasteiger partial charge in [0.25, 0.3) is 5.91 Å². The zero-order valence-electron chi connectivity index (χ0n) is 15.3. The first-order chi connectivity index (χ1) is 12.5. The van der Waals surface area contributed by atoms with Crippen molar-refractivity contribution in [2.45, 2.75) is 25.8 Å². The molecular formula is C22H22N2O2. The number of aromatic nitrogens is 1. The lowest BCUT2D eigenvalue weighted by Crippen LogP contribution is -2.40. The molecule has 1 aromatic heterocycles. The highest BCUT2D eigenvalue weighted by Gasteiger charge is 2.29. The van der Waals surface area contributed by atoms with Crippen LogP contribution >= 0.6 is 0 Å². The van der Waals surface area contributed by atoms with Crippen molar-refractivity contribution in [1.82, 2.24) is 9.47 Å². The van der Waals surface area contributed by atoms with Crippen molar-refractivity contribution < 1.29 is 4.79 Å². The third kappa shape index (κ3) is 2.62. The average molecular weight is 346 g/mol. The van der Waals surface area contributed by atoms with Crippen LogP contribution in [0.3, 0.4) is 0 Å². The molecule has 3 aromatic rings. The lowest BCUT2D eigenvalue weighted by atomic mass is 10.1. The van der Waals surface area contributed by atoms with Gasteiger partial charge in [-0.25, -0.2) is 0 Å². The number of likely N-dealkylation sites (N-methyl/N-ethyl adjacent to an activating group) is 1. The van der Waals surface area contributed by atoms with Gasteiger partial charge in [0, 0.05) is 31.7 Å². The molecule has 0 radical (unpaired) electrons. The molecule has 0 aliphatic heterocycles. The van der Waals surface area contributed by atoms with Crippen LogP contribution < -0.4 is 5.43 Å². The topological polar surface area (TPSA) is 42.3 Å². The maximum Gasteiger partial charge on any atom is 0.259 e. The number of carbonyl (C=O) groups is 1. The Morgan fingerprint density at radius 1 is 1.12 bits per heavy atom. The Kier molecular flexibility index (Phi) is 3.91. The number of carbonyl (C=O) groups excluding carboxylic acids is 1. The van der Waals surface area contributed by atoms with Crippen LogP contribution in [0.25, 0.3) is 10.9 Å². The predicted octanol–water partition coefficient (Wildman–Crippen LogP) is 3.09. The summed E-state index contributed by atoms with van der Waals surface area (Å²) in [5, 5.41) is 0.599. The molecule has 0 atom stereocenters. The van der Waals surface area contributed by atoms with Gasteiger partial charge in [0.1, 0.15) is 5.56 Å². The van der Waals surface area contributed by atoms with Crippen LogP contribution in [0.1, 0.15) is 27.0 Å². The predicted molar refractivity (Wildman–Crippen MR) is 104 cm³/mol. The first kappa shape index (κ1) is 16.6. The van der Waals surface area contributed by atoms with Gasteiger partial charge in [-0.1, -0.05) is 35.9 Å². The fourth-order valence-electron chi connectivity index (χ4n) is 3.92. The second kappa shape index (κ2) is 6.13. The summed E-state index contributed by atoms with van der Waals surface area (Å²) in [7, 11) is 3.68. The minimum Gasteiger partial charge on any atom is -0.350 e. The van der Waals surface area contributed by atoms with Crippen LogP contribution in [0.4, 0.5) is 0 Å². The van der Waals surface area contributed by atoms with E-state index in [0.717, 1.165) is 23.9 Å². The van der Waals surface area contributed by atoms with Gasteiger partial charge in [-0.15, -0.1) is 0 Å². The van der Waals surface area contributed by atoms with E-state index >= 15 is 0 Å². The molecule has 0 saturated heterocycles. The maximum absolute atomic E-state index is 13.1. The van der Waals surface area contributed by atoms with E-state index in [1.54, 1.807) is 18.1 Å². The minimum atomic E-state index is -0.202. The molecule has 4 nitrogen and oxygen atoms in total. The number of nitrogens with zero attached hydrogens (tertiary/aromatic N) is 2. The van der Waals surface area contributed by atoms with Crippen molar-refractivity contribution in [3.8, 4) is 0 Å². The number of hydrogen-bond acceptors (Lipinski definition) is 2. The SMILES string of the molecule is Cc1ccc2c(c1)c(=O)c(C(=O)N(C)C1Cc3ccccc3C1)cn2C. The Morgan fingerprint density at radius 2 is 1.77 bits per heavy atom. The van der Waals surface area contributed by atoms with E-state index in [9.17, 15) is 9.59 Å². The van der Waals surface area contributed by atoms with Crippen LogP contribution in [0.5, 0.6) is 0 Å². The van der Waals surface area contributed by atoms with Gasteiger partial charge in [-0.3, -0.25) is 9.59 Å². The van der Waals surface area contributed by atoms with Crippen LogP contribution in [-0.4, -0.2) is 28.5 Å². The number of aryl methyl sites for hydroxylation is 2. The Morgan fingerprint density at radius 3 is 2.42 bits per heavy atom. The molecule has 4 rings (SSSR count). The first-order valence-corrected chi connectivity index (χ1v) is 8.89. The van der Waals surface area contributed by atoms with Gasteiger partial charge in [-0.2, -0.15) is 0 Å². The Hall–Kier alpha value is -2.88. The molecular weight excluding hydrogens is 324 g/mol. The second-order valence-electron chi connectivity index (χ2n) is 7.25. The lowest BCUT2D eigenvalue weighted by Gasteiger charge is -2.24. The van der Waals surface area contributed by atoms with Gasteiger partial charge in [0.2, 0.25) is 5.43 Å². The summed E-state index contributed by atoms with van der Waals surface area (Å²) < 4.78 is 1.86. The smallest absolute Gasteiger partial charge is 0.259 e. The number of fused-ring (bicyclic) bond motifs is 2. The van der Waals surface area contributed by atoms with Gasteiger partial charge in [0.05, 0.1) is 5.52 Å². The zero-order valence-corrected chi connectivity index (χ0v) is 15.3. The van der Waals surface area contributed by atoms with Crippen LogP contribution in [-0.2, 0) is 19.9 Å². The van der Waals surface area contributed by atoms with Crippen molar-refractivity contribution in [3.63, 3.8) is 0 Å². The molecule has 0 unspecified atom stereocenters. The Labute approximate surface area is 152 Å². The quantitative estimate of drug-likeness (QED) is 0.716. The van der Waals surface area contributed by atoms with E-state index in [2.05, 4.69) is 12.1 Å². The van der Waals surface area contributed by atoms with Crippen LogP contribution in [0, 0.1) is 6.92 Å². The highest BCUT2D eigenvalue weighted by Crippen LogP contribution is 2.25. The summed E-state index contributed by atoms with van der Waals surface area (Å²) in [6.45, 7) is 1.95. The Bertz CT molecular complexity index is 1060. The summed E-state index contributed by atoms with van der Waals surface area (Å²) in [6, 6.07) is 14.2. The molecule has 1 heterocycles. The maximum atomic E-state index is 13.1. The normalized spacial score (nSPS) is 13.8. The second-order valence-corrected chi connectivity index (χ2v) is 7.25. The lowest BCUT2D eigenvalue weighted by molar-refractivity contribution is 0.0736. The van der Waals surface area contributed by atoms with E-state index in [1.807, 2.05) is 48.9 Å². The zero-order chi connectivity index (χ0) is 18.4. The molecule has 0 saturated carbocycles. The fraction of sp³-hybridized carbons (Fsp3) is 0.273. The molecule has 0 spiro atoms. The minimum absolute atomic E-state index is 0.0952. The van der Waals surface area contributed by atoms with E-state index in [-0.39, 0.29) is 22.9 Å². The molecule has 4 heteroatoms. The monoisotopic (exact) mass is 346 g/mol. The summed E-state index contributed by atoms with van der Waals surface area (Å²) in [5.41, 5.74) is 4.49. The van der Waals surface area contributed by atoms with Gasteiger partial charge in [0.15, 0.2) is 0 Å². The largest absolute Gasteiger partial charge is 0.350 e. The Balaban J connectivity index is 1.71. The molecule has 26 heavy (non-hydrogen) atoms. The van der Waals surface area contributed by atoms with Crippen molar-refractivity contribution >= 4 is 16.8 Å². The van der Waals surface area contributed by atoms with Gasteiger partial charge < -0.3 is 9.47 Å². The van der Waals surface area contributed by atoms with Crippen molar-refractivity contribution in [2.24, 2.45) is 7.05 Å². The molecule has 0 N–H and O–H groups in total. The number of benzene rings is 2. The van der Waals surface area contributed by atoms with Gasteiger partial charge in [-0.05, 0) is 43.0 Å². The highest BCUT2D eigenvalue weighted by atomic mass is 16.2. The van der Waals surface area contributed by atoms with E-state index in [1.165, 1.54) is 11.1 Å². The van der Waals surface area contributed by atoms with E-state index in [4.69, 9.17) is 0 Å². The average Bonchev–Trinajstić information content (AvgIpc) is 3.07. The van der Waals surface area contributed by atoms with Crippen LogP contribution in [0.2, 0.25) is 0 Å². The van der Waals surface area contributed by atoms with Crippen molar-refractivity contribution in [2.75, 3.05) is 7.05 Å². The third-order valence-electron chi connectivity index (χ3n) is 5.47. The fourth-order valence-corrected chi connectivity index (χ4v) is 3.92. The number of rotatable bonds is 2. The number of pyridine rings is 1. The van der Waals surface area contributed by atoms with Crippen molar-refractivity contribution in [3.05, 3.63) is 81.1 Å². The third-order valence-corrected chi connectivity index (χ3v) is 5.47. The molecule has 0 fully saturated rings. The summed E-state index contributed by atoms with van der Waals surface area (Å²) in [4.78, 5) is 27.8. The molecule has 0 bridgehead atoms. The number of hydrogen-bond donors (Lipinski definition) is 0. The van der Waals surface area contributed by atoms with E-state index < -0.39 is 0 Å². The molecule has 1 amide bonds. The van der Waals surface area contributed by atoms with E-state index in [0.29, 0.717) is 5.39 Å². The molecule has 1 aliphatic carbocycles. The standard InChI is InChI=1S/C22H22N2O2/c1-14-8-9-20-18(10-14)21(25)19(13-23(20)2)22(26)24(3)17-11-15-6-4-5-7-16(15)12-17/h4-10,13,17H,11-12H2,1-3H3. The molecule has 132 valence electrons. The summed E-state index contributed by atoms with van der Waals surface area (Å²) in [6.07, 6.45) is 3.35. The van der Waals surface area contributed by atoms with Crippen LogP contribution in [0.15, 0.2) is 53.5 Å².